The lowest BCUT2D eigenvalue weighted by molar-refractivity contribution is -0.148. The van der Waals surface area contributed by atoms with Crippen molar-refractivity contribution in [1.29, 1.82) is 0 Å². The molecule has 208 valence electrons. The number of aliphatic hydroxyl groups excluding tert-OH is 2. The van der Waals surface area contributed by atoms with Gasteiger partial charge in [-0.2, -0.15) is 0 Å². The van der Waals surface area contributed by atoms with Crippen molar-refractivity contribution in [3.63, 3.8) is 0 Å². The number of hydrogen-bond acceptors (Lipinski definition) is 7. The van der Waals surface area contributed by atoms with Crippen LogP contribution in [-0.4, -0.2) is 63.6 Å². The Morgan fingerprint density at radius 2 is 1.92 bits per heavy atom. The summed E-state index contributed by atoms with van der Waals surface area (Å²) >= 11 is 0. The Labute approximate surface area is 221 Å². The number of esters is 1. The molecule has 1 aliphatic heterocycles. The van der Waals surface area contributed by atoms with Gasteiger partial charge >= 0.3 is 5.97 Å². The second-order valence-electron chi connectivity index (χ2n) is 10.8. The molecule has 37 heavy (non-hydrogen) atoms. The molecule has 1 aliphatic carbocycles. The summed E-state index contributed by atoms with van der Waals surface area (Å²) in [4.78, 5) is 25.8. The predicted molar refractivity (Wildman–Crippen MR) is 140 cm³/mol. The van der Waals surface area contributed by atoms with E-state index < -0.39 is 18.2 Å². The first-order chi connectivity index (χ1) is 17.8. The van der Waals surface area contributed by atoms with E-state index in [9.17, 15) is 24.9 Å². The molecule has 2 fully saturated rings. The summed E-state index contributed by atoms with van der Waals surface area (Å²) in [5.41, 5.74) is 1.59. The van der Waals surface area contributed by atoms with Crippen molar-refractivity contribution in [2.75, 3.05) is 13.2 Å². The van der Waals surface area contributed by atoms with E-state index in [-0.39, 0.29) is 30.3 Å². The summed E-state index contributed by atoms with van der Waals surface area (Å²) in [6, 6.07) is 3.76. The highest BCUT2D eigenvalue weighted by Gasteiger charge is 2.25. The number of amides is 1. The summed E-state index contributed by atoms with van der Waals surface area (Å²) in [6.45, 7) is 4.47. The van der Waals surface area contributed by atoms with Crippen molar-refractivity contribution in [3.8, 4) is 11.5 Å². The van der Waals surface area contributed by atoms with E-state index in [2.05, 4.69) is 0 Å². The Bertz CT molecular complexity index is 883. The highest BCUT2D eigenvalue weighted by molar-refractivity contribution is 5.78. The van der Waals surface area contributed by atoms with Gasteiger partial charge in [0.15, 0.2) is 11.5 Å². The van der Waals surface area contributed by atoms with Gasteiger partial charge in [0.2, 0.25) is 5.91 Å². The minimum atomic E-state index is -0.675. The molecule has 3 rings (SSSR count). The standard InChI is InChI=1S/C29H45NO7/c1-3-7-22(19-31)15-24(33)17-26(36-20(2)32)12-11-21-14-23(18-30-13-6-10-28(30)34)29(35)27(16-21)37-25-8-4-5-9-25/h14,16,22,24-26,31,33,35H,3-13,15,17-19H2,1-2H3/t22-,24-,26+/m0/s1. The van der Waals surface area contributed by atoms with Crippen LogP contribution in [0.5, 0.6) is 11.5 Å². The third kappa shape index (κ3) is 9.18. The van der Waals surface area contributed by atoms with Crippen LogP contribution in [-0.2, 0) is 27.3 Å². The van der Waals surface area contributed by atoms with Crippen molar-refractivity contribution in [2.45, 2.75) is 116 Å². The quantitative estimate of drug-likeness (QED) is 0.297. The maximum atomic E-state index is 12.2. The topological polar surface area (TPSA) is 117 Å². The van der Waals surface area contributed by atoms with E-state index >= 15 is 0 Å². The molecule has 1 amide bonds. The Balaban J connectivity index is 1.73. The van der Waals surface area contributed by atoms with E-state index in [1.54, 1.807) is 4.90 Å². The van der Waals surface area contributed by atoms with Gasteiger partial charge in [-0.3, -0.25) is 9.59 Å². The summed E-state index contributed by atoms with van der Waals surface area (Å²) in [7, 11) is 0. The smallest absolute Gasteiger partial charge is 0.302 e. The van der Waals surface area contributed by atoms with Crippen LogP contribution < -0.4 is 4.74 Å². The molecular formula is C29H45NO7. The zero-order valence-electron chi connectivity index (χ0n) is 22.5. The van der Waals surface area contributed by atoms with E-state index in [1.165, 1.54) is 6.92 Å². The number of likely N-dealkylation sites (tertiary alicyclic amines) is 1. The molecule has 0 radical (unpaired) electrons. The van der Waals surface area contributed by atoms with E-state index in [1.807, 2.05) is 19.1 Å². The van der Waals surface area contributed by atoms with Crippen LogP contribution in [0.25, 0.3) is 0 Å². The minimum Gasteiger partial charge on any atom is -0.504 e. The number of carbonyl (C=O) groups excluding carboxylic acids is 2. The van der Waals surface area contributed by atoms with E-state index in [0.717, 1.165) is 50.5 Å². The molecule has 0 unspecified atom stereocenters. The summed E-state index contributed by atoms with van der Waals surface area (Å²) < 4.78 is 11.7. The van der Waals surface area contributed by atoms with Gasteiger partial charge in [0.1, 0.15) is 6.10 Å². The highest BCUT2D eigenvalue weighted by atomic mass is 16.5. The molecular weight excluding hydrogens is 474 g/mol. The number of aliphatic hydroxyl groups is 2. The van der Waals surface area contributed by atoms with Gasteiger partial charge in [0, 0.05) is 45.0 Å². The average Bonchev–Trinajstić information content (AvgIpc) is 3.51. The summed E-state index contributed by atoms with van der Waals surface area (Å²) in [6.07, 6.45) is 8.05. The number of hydrogen-bond donors (Lipinski definition) is 3. The fourth-order valence-corrected chi connectivity index (χ4v) is 5.61. The third-order valence-corrected chi connectivity index (χ3v) is 7.53. The van der Waals surface area contributed by atoms with Crippen LogP contribution in [0.4, 0.5) is 0 Å². The summed E-state index contributed by atoms with van der Waals surface area (Å²) in [5.74, 6) is 0.264. The fourth-order valence-electron chi connectivity index (χ4n) is 5.61. The number of benzene rings is 1. The van der Waals surface area contributed by atoms with Gasteiger partial charge < -0.3 is 29.7 Å². The van der Waals surface area contributed by atoms with E-state index in [0.29, 0.717) is 56.5 Å². The minimum absolute atomic E-state index is 0.0289. The van der Waals surface area contributed by atoms with Gasteiger partial charge in [0.05, 0.1) is 12.2 Å². The number of phenols is 1. The third-order valence-electron chi connectivity index (χ3n) is 7.53. The van der Waals surface area contributed by atoms with Crippen LogP contribution in [0.15, 0.2) is 12.1 Å². The lowest BCUT2D eigenvalue weighted by Crippen LogP contribution is -2.26. The number of rotatable bonds is 15. The first-order valence-corrected chi connectivity index (χ1v) is 14.0. The van der Waals surface area contributed by atoms with Crippen molar-refractivity contribution < 1.29 is 34.4 Å². The molecule has 1 heterocycles. The molecule has 8 heteroatoms. The van der Waals surface area contributed by atoms with Crippen molar-refractivity contribution >= 4 is 11.9 Å². The van der Waals surface area contributed by atoms with Crippen LogP contribution in [0, 0.1) is 5.92 Å². The number of aryl methyl sites for hydroxylation is 1. The maximum absolute atomic E-state index is 12.2. The first kappa shape index (κ1) is 29.2. The summed E-state index contributed by atoms with van der Waals surface area (Å²) in [5, 5.41) is 31.2. The van der Waals surface area contributed by atoms with Crippen molar-refractivity contribution in [2.24, 2.45) is 5.92 Å². The zero-order chi connectivity index (χ0) is 26.8. The van der Waals surface area contributed by atoms with Crippen LogP contribution in [0.1, 0.15) is 95.6 Å². The number of nitrogens with zero attached hydrogens (tertiary/aromatic N) is 1. The molecule has 1 aromatic carbocycles. The number of aromatic hydroxyl groups is 1. The molecule has 0 bridgehead atoms. The van der Waals surface area contributed by atoms with Crippen molar-refractivity contribution in [3.05, 3.63) is 23.3 Å². The fraction of sp³-hybridized carbons (Fsp3) is 0.724. The first-order valence-electron chi connectivity index (χ1n) is 14.0. The highest BCUT2D eigenvalue weighted by Crippen LogP contribution is 2.36. The molecule has 2 aliphatic rings. The molecule has 0 aromatic heterocycles. The molecule has 1 aromatic rings. The molecule has 3 N–H and O–H groups in total. The number of phenolic OH excluding ortho intramolecular Hbond substituents is 1. The zero-order valence-corrected chi connectivity index (χ0v) is 22.5. The molecule has 8 nitrogen and oxygen atoms in total. The largest absolute Gasteiger partial charge is 0.504 e. The average molecular weight is 520 g/mol. The van der Waals surface area contributed by atoms with Crippen LogP contribution in [0.3, 0.4) is 0 Å². The van der Waals surface area contributed by atoms with Crippen LogP contribution >= 0.6 is 0 Å². The van der Waals surface area contributed by atoms with Gasteiger partial charge in [-0.25, -0.2) is 0 Å². The lowest BCUT2D eigenvalue weighted by atomic mass is 9.93. The van der Waals surface area contributed by atoms with Crippen molar-refractivity contribution in [1.82, 2.24) is 4.90 Å². The van der Waals surface area contributed by atoms with Gasteiger partial charge in [0.25, 0.3) is 0 Å². The maximum Gasteiger partial charge on any atom is 0.302 e. The Hall–Kier alpha value is -2.32. The van der Waals surface area contributed by atoms with E-state index in [4.69, 9.17) is 9.47 Å². The monoisotopic (exact) mass is 519 g/mol. The van der Waals surface area contributed by atoms with Crippen LogP contribution in [0.2, 0.25) is 0 Å². The normalized spacial score (nSPS) is 18.7. The SMILES string of the molecule is CCC[C@H](CO)C[C@H](O)C[C@@H](CCc1cc(CN2CCCC2=O)c(O)c(OC2CCCC2)c1)OC(C)=O. The molecule has 1 saturated heterocycles. The van der Waals surface area contributed by atoms with Gasteiger partial charge in [-0.05, 0) is 75.3 Å². The Kier molecular flexibility index (Phi) is 11.5. The molecule has 0 spiro atoms. The Morgan fingerprint density at radius 3 is 2.54 bits per heavy atom. The number of ether oxygens (including phenoxy) is 2. The molecule has 1 saturated carbocycles. The Morgan fingerprint density at radius 1 is 1.16 bits per heavy atom. The second kappa shape index (κ2) is 14.6. The predicted octanol–water partition coefficient (Wildman–Crippen LogP) is 4.25. The van der Waals surface area contributed by atoms with Gasteiger partial charge in [-0.1, -0.05) is 19.4 Å². The lowest BCUT2D eigenvalue weighted by Gasteiger charge is -2.24. The molecule has 3 atom stereocenters. The van der Waals surface area contributed by atoms with Gasteiger partial charge in [-0.15, -0.1) is 0 Å². The number of carbonyl (C=O) groups is 2. The second-order valence-corrected chi connectivity index (χ2v) is 10.8.